The molecule has 1 unspecified atom stereocenters. The van der Waals surface area contributed by atoms with E-state index in [1.165, 1.54) is 25.0 Å². The molecule has 0 bridgehead atoms. The molecule has 0 aliphatic carbocycles. The summed E-state index contributed by atoms with van der Waals surface area (Å²) < 4.78 is 13.0. The highest BCUT2D eigenvalue weighted by Gasteiger charge is 2.34. The molecule has 0 saturated carbocycles. The summed E-state index contributed by atoms with van der Waals surface area (Å²) >= 11 is 6.07. The molecule has 1 aromatic rings. The topological polar surface area (TPSA) is 29.3 Å². The first kappa shape index (κ1) is 14.8. The molecule has 1 heterocycles. The van der Waals surface area contributed by atoms with Crippen LogP contribution in [-0.2, 0) is 6.42 Å². The van der Waals surface area contributed by atoms with Crippen molar-refractivity contribution in [3.63, 3.8) is 0 Å². The Balaban J connectivity index is 2.09. The maximum Gasteiger partial charge on any atom is 0.124 e. The molecule has 1 aliphatic heterocycles. The first-order valence-electron chi connectivity index (χ1n) is 6.86. The van der Waals surface area contributed by atoms with Crippen molar-refractivity contribution in [2.45, 2.75) is 44.7 Å². The molecule has 2 nitrogen and oxygen atoms in total. The molecule has 0 aromatic heterocycles. The van der Waals surface area contributed by atoms with Gasteiger partial charge in [0, 0.05) is 16.6 Å². The minimum atomic E-state index is -0.305. The Morgan fingerprint density at radius 2 is 2.00 bits per heavy atom. The summed E-state index contributed by atoms with van der Waals surface area (Å²) in [7, 11) is 0. The van der Waals surface area contributed by atoms with Crippen LogP contribution in [0.5, 0.6) is 0 Å². The summed E-state index contributed by atoms with van der Waals surface area (Å²) in [5.74, 6) is -0.305. The van der Waals surface area contributed by atoms with E-state index < -0.39 is 0 Å². The van der Waals surface area contributed by atoms with Crippen molar-refractivity contribution in [1.82, 2.24) is 4.90 Å². The lowest BCUT2D eigenvalue weighted by atomic mass is 9.88. The zero-order chi connectivity index (χ0) is 14.0. The maximum absolute atomic E-state index is 13.0. The third-order valence-corrected chi connectivity index (χ3v) is 4.64. The lowest BCUT2D eigenvalue weighted by Crippen LogP contribution is -2.56. The number of hydrogen-bond acceptors (Lipinski definition) is 2. The van der Waals surface area contributed by atoms with Crippen LogP contribution in [0.25, 0.3) is 0 Å². The van der Waals surface area contributed by atoms with E-state index >= 15 is 0 Å². The van der Waals surface area contributed by atoms with Crippen LogP contribution in [0.3, 0.4) is 0 Å². The van der Waals surface area contributed by atoms with Crippen LogP contribution < -0.4 is 5.73 Å². The molecule has 19 heavy (non-hydrogen) atoms. The van der Waals surface area contributed by atoms with Crippen LogP contribution in [0.15, 0.2) is 18.2 Å². The fourth-order valence-corrected chi connectivity index (χ4v) is 2.95. The van der Waals surface area contributed by atoms with E-state index in [9.17, 15) is 4.39 Å². The Morgan fingerprint density at radius 1 is 1.37 bits per heavy atom. The molecule has 0 amide bonds. The standard InChI is InChI=1S/C15H22ClFN2/c1-15(2,19-7-3-4-8-19)14(18)9-11-5-6-12(17)10-13(11)16/h5-6,10,14H,3-4,7-9,18H2,1-2H3. The number of rotatable bonds is 4. The summed E-state index contributed by atoms with van der Waals surface area (Å²) in [6.45, 7) is 6.58. The van der Waals surface area contributed by atoms with Gasteiger partial charge in [0.2, 0.25) is 0 Å². The van der Waals surface area contributed by atoms with Crippen molar-refractivity contribution >= 4 is 11.6 Å². The molecular weight excluding hydrogens is 263 g/mol. The second kappa shape index (κ2) is 5.78. The van der Waals surface area contributed by atoms with E-state index in [1.807, 2.05) is 0 Å². The largest absolute Gasteiger partial charge is 0.326 e. The smallest absolute Gasteiger partial charge is 0.124 e. The molecule has 2 N–H and O–H groups in total. The van der Waals surface area contributed by atoms with E-state index in [0.29, 0.717) is 11.4 Å². The van der Waals surface area contributed by atoms with Crippen LogP contribution in [0.1, 0.15) is 32.3 Å². The number of halogens is 2. The van der Waals surface area contributed by atoms with E-state index in [4.69, 9.17) is 17.3 Å². The highest BCUT2D eigenvalue weighted by atomic mass is 35.5. The molecule has 1 fully saturated rings. The van der Waals surface area contributed by atoms with Crippen LogP contribution in [-0.4, -0.2) is 29.6 Å². The predicted octanol–water partition coefficient (Wildman–Crippen LogP) is 3.22. The van der Waals surface area contributed by atoms with E-state index in [-0.39, 0.29) is 17.4 Å². The number of nitrogens with two attached hydrogens (primary N) is 1. The Morgan fingerprint density at radius 3 is 2.58 bits per heavy atom. The molecule has 0 radical (unpaired) electrons. The minimum absolute atomic E-state index is 0.0199. The minimum Gasteiger partial charge on any atom is -0.326 e. The van der Waals surface area contributed by atoms with Gasteiger partial charge in [-0.2, -0.15) is 0 Å². The molecule has 4 heteroatoms. The highest BCUT2D eigenvalue weighted by molar-refractivity contribution is 6.31. The molecular formula is C15H22ClFN2. The van der Waals surface area contributed by atoms with Gasteiger partial charge in [-0.15, -0.1) is 0 Å². The van der Waals surface area contributed by atoms with Gasteiger partial charge in [-0.1, -0.05) is 17.7 Å². The molecule has 0 spiro atoms. The summed E-state index contributed by atoms with van der Waals surface area (Å²) in [5.41, 5.74) is 7.23. The van der Waals surface area contributed by atoms with Gasteiger partial charge < -0.3 is 5.73 Å². The Bertz CT molecular complexity index is 442. The van der Waals surface area contributed by atoms with Gasteiger partial charge in [-0.25, -0.2) is 4.39 Å². The third-order valence-electron chi connectivity index (χ3n) is 4.28. The van der Waals surface area contributed by atoms with Gasteiger partial charge in [0.25, 0.3) is 0 Å². The fourth-order valence-electron chi connectivity index (χ4n) is 2.70. The van der Waals surface area contributed by atoms with Gasteiger partial charge >= 0.3 is 0 Å². The first-order chi connectivity index (χ1) is 8.91. The Hall–Kier alpha value is -0.640. The second-order valence-corrected chi connectivity index (χ2v) is 6.30. The second-order valence-electron chi connectivity index (χ2n) is 5.89. The van der Waals surface area contributed by atoms with Crippen molar-refractivity contribution in [2.24, 2.45) is 5.73 Å². The van der Waals surface area contributed by atoms with Crippen LogP contribution in [0.2, 0.25) is 5.02 Å². The van der Waals surface area contributed by atoms with Crippen LogP contribution >= 0.6 is 11.6 Å². The van der Waals surface area contributed by atoms with Crippen LogP contribution in [0.4, 0.5) is 4.39 Å². The third kappa shape index (κ3) is 3.28. The quantitative estimate of drug-likeness (QED) is 0.920. The zero-order valence-electron chi connectivity index (χ0n) is 11.6. The van der Waals surface area contributed by atoms with Crippen molar-refractivity contribution in [1.29, 1.82) is 0 Å². The van der Waals surface area contributed by atoms with Gasteiger partial charge in [0.1, 0.15) is 5.82 Å². The lowest BCUT2D eigenvalue weighted by Gasteiger charge is -2.40. The lowest BCUT2D eigenvalue weighted by molar-refractivity contribution is 0.123. The van der Waals surface area contributed by atoms with Crippen molar-refractivity contribution in [3.8, 4) is 0 Å². The Kier molecular flexibility index (Phi) is 4.49. The molecule has 2 rings (SSSR count). The Labute approximate surface area is 119 Å². The maximum atomic E-state index is 13.0. The summed E-state index contributed by atoms with van der Waals surface area (Å²) in [5, 5.41) is 0.465. The summed E-state index contributed by atoms with van der Waals surface area (Å²) in [6, 6.07) is 4.51. The highest BCUT2D eigenvalue weighted by Crippen LogP contribution is 2.27. The van der Waals surface area contributed by atoms with Crippen molar-refractivity contribution < 1.29 is 4.39 Å². The molecule has 1 saturated heterocycles. The summed E-state index contributed by atoms with van der Waals surface area (Å²) in [6.07, 6.45) is 3.16. The normalized spacial score (nSPS) is 18.8. The SMILES string of the molecule is CC(C)(C(N)Cc1ccc(F)cc1Cl)N1CCCC1. The van der Waals surface area contributed by atoms with E-state index in [2.05, 4.69) is 18.7 Å². The number of nitrogens with zero attached hydrogens (tertiary/aromatic N) is 1. The molecule has 1 aliphatic rings. The fraction of sp³-hybridized carbons (Fsp3) is 0.600. The van der Waals surface area contributed by atoms with Gasteiger partial charge in [0.05, 0.1) is 0 Å². The number of hydrogen-bond donors (Lipinski definition) is 1. The van der Waals surface area contributed by atoms with Crippen LogP contribution in [0, 0.1) is 5.82 Å². The molecule has 1 atom stereocenters. The predicted molar refractivity (Wildman–Crippen MR) is 78.0 cm³/mol. The van der Waals surface area contributed by atoms with E-state index in [0.717, 1.165) is 18.7 Å². The molecule has 106 valence electrons. The number of likely N-dealkylation sites (tertiary alicyclic amines) is 1. The van der Waals surface area contributed by atoms with Crippen molar-refractivity contribution in [2.75, 3.05) is 13.1 Å². The van der Waals surface area contributed by atoms with Gasteiger partial charge in [0.15, 0.2) is 0 Å². The zero-order valence-corrected chi connectivity index (χ0v) is 12.4. The van der Waals surface area contributed by atoms with Gasteiger partial charge in [-0.3, -0.25) is 4.90 Å². The summed E-state index contributed by atoms with van der Waals surface area (Å²) in [4.78, 5) is 2.44. The van der Waals surface area contributed by atoms with E-state index in [1.54, 1.807) is 6.07 Å². The average molecular weight is 285 g/mol. The average Bonchev–Trinajstić information content (AvgIpc) is 2.86. The first-order valence-corrected chi connectivity index (χ1v) is 7.23. The molecule has 1 aromatic carbocycles. The monoisotopic (exact) mass is 284 g/mol. The number of benzene rings is 1. The van der Waals surface area contributed by atoms with Gasteiger partial charge in [-0.05, 0) is 63.9 Å². The van der Waals surface area contributed by atoms with Crippen molar-refractivity contribution in [3.05, 3.63) is 34.6 Å².